The maximum atomic E-state index is 12.1. The third-order valence-corrected chi connectivity index (χ3v) is 6.21. The molecule has 2 heterocycles. The summed E-state index contributed by atoms with van der Waals surface area (Å²) >= 11 is 0. The van der Waals surface area contributed by atoms with E-state index in [0.29, 0.717) is 23.5 Å². The SMILES string of the molecule is CC1CC(N2CCOCC2)CCN1c1ccc(NC(=O)OCc2ccccc2)cc1N. The van der Waals surface area contributed by atoms with Crippen LogP contribution in [0.25, 0.3) is 0 Å². The van der Waals surface area contributed by atoms with Gasteiger partial charge in [-0.2, -0.15) is 0 Å². The molecule has 0 spiro atoms. The van der Waals surface area contributed by atoms with Gasteiger partial charge in [0, 0.05) is 37.4 Å². The molecule has 2 atom stereocenters. The van der Waals surface area contributed by atoms with Crippen LogP contribution in [0.5, 0.6) is 0 Å². The zero-order chi connectivity index (χ0) is 21.6. The molecule has 7 nitrogen and oxygen atoms in total. The van der Waals surface area contributed by atoms with Crippen molar-refractivity contribution >= 4 is 23.2 Å². The van der Waals surface area contributed by atoms with Gasteiger partial charge >= 0.3 is 6.09 Å². The number of carbonyl (C=O) groups is 1. The van der Waals surface area contributed by atoms with Crippen LogP contribution in [0.1, 0.15) is 25.3 Å². The Bertz CT molecular complexity index is 870. The zero-order valence-corrected chi connectivity index (χ0v) is 18.1. The van der Waals surface area contributed by atoms with Crippen LogP contribution in [0, 0.1) is 0 Å². The normalized spacial score (nSPS) is 22.2. The summed E-state index contributed by atoms with van der Waals surface area (Å²) < 4.78 is 10.8. The predicted molar refractivity (Wildman–Crippen MR) is 123 cm³/mol. The van der Waals surface area contributed by atoms with Gasteiger partial charge in [-0.3, -0.25) is 10.2 Å². The average molecular weight is 425 g/mol. The van der Waals surface area contributed by atoms with Gasteiger partial charge in [0.25, 0.3) is 0 Å². The molecule has 2 aliphatic rings. The largest absolute Gasteiger partial charge is 0.444 e. The van der Waals surface area contributed by atoms with E-state index in [-0.39, 0.29) is 6.61 Å². The smallest absolute Gasteiger partial charge is 0.411 e. The van der Waals surface area contributed by atoms with Crippen LogP contribution in [0.3, 0.4) is 0 Å². The van der Waals surface area contributed by atoms with Gasteiger partial charge in [-0.1, -0.05) is 30.3 Å². The van der Waals surface area contributed by atoms with Crippen LogP contribution in [-0.4, -0.2) is 55.9 Å². The first-order valence-corrected chi connectivity index (χ1v) is 11.1. The maximum Gasteiger partial charge on any atom is 0.411 e. The number of nitrogen functional groups attached to an aromatic ring is 1. The summed E-state index contributed by atoms with van der Waals surface area (Å²) in [7, 11) is 0. The molecular weight excluding hydrogens is 392 g/mol. The molecule has 31 heavy (non-hydrogen) atoms. The van der Waals surface area contributed by atoms with E-state index in [4.69, 9.17) is 15.2 Å². The Balaban J connectivity index is 1.32. The van der Waals surface area contributed by atoms with Crippen LogP contribution in [-0.2, 0) is 16.1 Å². The second-order valence-corrected chi connectivity index (χ2v) is 8.33. The van der Waals surface area contributed by atoms with Crippen molar-refractivity contribution < 1.29 is 14.3 Å². The first-order valence-electron chi connectivity index (χ1n) is 11.1. The van der Waals surface area contributed by atoms with Crippen molar-refractivity contribution in [1.29, 1.82) is 0 Å². The summed E-state index contributed by atoms with van der Waals surface area (Å²) in [4.78, 5) is 17.1. The lowest BCUT2D eigenvalue weighted by Gasteiger charge is -2.44. The summed E-state index contributed by atoms with van der Waals surface area (Å²) in [5.41, 5.74) is 9.64. The van der Waals surface area contributed by atoms with Gasteiger partial charge in [0.2, 0.25) is 0 Å². The molecule has 166 valence electrons. The fraction of sp³-hybridized carbons (Fsp3) is 0.458. The van der Waals surface area contributed by atoms with E-state index >= 15 is 0 Å². The topological polar surface area (TPSA) is 80.1 Å². The molecular formula is C24H32N4O3. The summed E-state index contributed by atoms with van der Waals surface area (Å²) in [6.45, 7) is 7.20. The number of benzene rings is 2. The molecule has 2 saturated heterocycles. The number of nitrogens with two attached hydrogens (primary N) is 1. The van der Waals surface area contributed by atoms with E-state index in [0.717, 1.165) is 56.9 Å². The van der Waals surface area contributed by atoms with Crippen molar-refractivity contribution in [1.82, 2.24) is 4.90 Å². The quantitative estimate of drug-likeness (QED) is 0.713. The number of hydrogen-bond donors (Lipinski definition) is 2. The van der Waals surface area contributed by atoms with Crippen molar-refractivity contribution in [3.8, 4) is 0 Å². The van der Waals surface area contributed by atoms with Gasteiger partial charge in [-0.05, 0) is 43.5 Å². The van der Waals surface area contributed by atoms with E-state index in [9.17, 15) is 4.79 Å². The minimum absolute atomic E-state index is 0.232. The second kappa shape index (κ2) is 10.0. The number of amides is 1. The number of carbonyl (C=O) groups excluding carboxylic acids is 1. The van der Waals surface area contributed by atoms with Crippen LogP contribution < -0.4 is 16.0 Å². The van der Waals surface area contributed by atoms with Crippen LogP contribution in [0.2, 0.25) is 0 Å². The van der Waals surface area contributed by atoms with Crippen molar-refractivity contribution in [2.24, 2.45) is 0 Å². The molecule has 7 heteroatoms. The van der Waals surface area contributed by atoms with E-state index in [1.54, 1.807) is 6.07 Å². The van der Waals surface area contributed by atoms with Gasteiger partial charge in [0.1, 0.15) is 6.61 Å². The first-order chi connectivity index (χ1) is 15.1. The molecule has 1 amide bonds. The lowest BCUT2D eigenvalue weighted by Crippen LogP contribution is -2.52. The van der Waals surface area contributed by atoms with Gasteiger partial charge in [-0.25, -0.2) is 4.79 Å². The molecule has 2 fully saturated rings. The summed E-state index contributed by atoms with van der Waals surface area (Å²) in [6, 6.07) is 16.3. The predicted octanol–water partition coefficient (Wildman–Crippen LogP) is 3.71. The van der Waals surface area contributed by atoms with E-state index in [2.05, 4.69) is 22.0 Å². The molecule has 2 aromatic carbocycles. The highest BCUT2D eigenvalue weighted by atomic mass is 16.5. The highest BCUT2D eigenvalue weighted by Crippen LogP contribution is 2.33. The fourth-order valence-electron chi connectivity index (χ4n) is 4.55. The number of hydrogen-bond acceptors (Lipinski definition) is 6. The molecule has 3 N–H and O–H groups in total. The second-order valence-electron chi connectivity index (χ2n) is 8.33. The Kier molecular flexibility index (Phi) is 6.94. The molecule has 0 aliphatic carbocycles. The van der Waals surface area contributed by atoms with E-state index in [1.807, 2.05) is 42.5 Å². The molecule has 2 unspecified atom stereocenters. The number of anilines is 3. The molecule has 4 rings (SSSR count). The zero-order valence-electron chi connectivity index (χ0n) is 18.1. The van der Waals surface area contributed by atoms with Gasteiger partial charge in [-0.15, -0.1) is 0 Å². The van der Waals surface area contributed by atoms with E-state index < -0.39 is 6.09 Å². The Labute approximate surface area is 184 Å². The maximum absolute atomic E-state index is 12.1. The lowest BCUT2D eigenvalue weighted by molar-refractivity contribution is 0.00899. The van der Waals surface area contributed by atoms with Crippen molar-refractivity contribution in [3.63, 3.8) is 0 Å². The molecule has 0 radical (unpaired) electrons. The van der Waals surface area contributed by atoms with Crippen molar-refractivity contribution in [2.45, 2.75) is 38.5 Å². The lowest BCUT2D eigenvalue weighted by atomic mass is 9.95. The number of ether oxygens (including phenoxy) is 2. The summed E-state index contributed by atoms with van der Waals surface area (Å²) in [6.07, 6.45) is 1.75. The Morgan fingerprint density at radius 3 is 2.65 bits per heavy atom. The monoisotopic (exact) mass is 424 g/mol. The number of piperidine rings is 1. The average Bonchev–Trinajstić information content (AvgIpc) is 2.79. The fourth-order valence-corrected chi connectivity index (χ4v) is 4.55. The molecule has 2 aromatic rings. The Hall–Kier alpha value is -2.77. The van der Waals surface area contributed by atoms with Crippen molar-refractivity contribution in [3.05, 3.63) is 54.1 Å². The van der Waals surface area contributed by atoms with Crippen LogP contribution in [0.15, 0.2) is 48.5 Å². The van der Waals surface area contributed by atoms with Crippen LogP contribution in [0.4, 0.5) is 21.9 Å². The van der Waals surface area contributed by atoms with Gasteiger partial charge < -0.3 is 20.1 Å². The molecule has 0 aromatic heterocycles. The Morgan fingerprint density at radius 1 is 1.16 bits per heavy atom. The summed E-state index contributed by atoms with van der Waals surface area (Å²) in [5.74, 6) is 0. The van der Waals surface area contributed by atoms with E-state index in [1.165, 1.54) is 0 Å². The third kappa shape index (κ3) is 5.48. The highest BCUT2D eigenvalue weighted by molar-refractivity contribution is 5.87. The minimum atomic E-state index is -0.490. The van der Waals surface area contributed by atoms with Gasteiger partial charge in [0.05, 0.1) is 24.6 Å². The molecule has 0 bridgehead atoms. The Morgan fingerprint density at radius 2 is 1.94 bits per heavy atom. The first kappa shape index (κ1) is 21.5. The molecule has 0 saturated carbocycles. The minimum Gasteiger partial charge on any atom is -0.444 e. The van der Waals surface area contributed by atoms with Crippen molar-refractivity contribution in [2.75, 3.05) is 48.8 Å². The van der Waals surface area contributed by atoms with Gasteiger partial charge in [0.15, 0.2) is 0 Å². The third-order valence-electron chi connectivity index (χ3n) is 6.21. The number of rotatable bonds is 5. The van der Waals surface area contributed by atoms with Crippen LogP contribution >= 0.6 is 0 Å². The summed E-state index contributed by atoms with van der Waals surface area (Å²) in [5, 5.41) is 2.77. The standard InChI is InChI=1S/C24H32N4O3/c1-18-15-21(27-11-13-30-14-12-27)9-10-28(18)23-8-7-20(16-22(23)25)26-24(29)31-17-19-5-3-2-4-6-19/h2-8,16,18,21H,9-15,17,25H2,1H3,(H,26,29). The number of nitrogens with one attached hydrogen (secondary N) is 1. The number of nitrogens with zero attached hydrogens (tertiary/aromatic N) is 2. The molecule has 2 aliphatic heterocycles. The number of morpholine rings is 1. The highest BCUT2D eigenvalue weighted by Gasteiger charge is 2.30.